The summed E-state index contributed by atoms with van der Waals surface area (Å²) in [6, 6.07) is 9.54. The molecular formula is C22H20F2N6O4. The van der Waals surface area contributed by atoms with Crippen LogP contribution < -0.4 is 4.90 Å². The molecule has 0 amide bonds. The number of piperidine rings is 1. The predicted molar refractivity (Wildman–Crippen MR) is 114 cm³/mol. The van der Waals surface area contributed by atoms with Gasteiger partial charge in [-0.25, -0.2) is 18.7 Å². The second-order valence-corrected chi connectivity index (χ2v) is 7.94. The third-order valence-electron chi connectivity index (χ3n) is 5.62. The van der Waals surface area contributed by atoms with Gasteiger partial charge in [0, 0.05) is 24.7 Å². The number of halogens is 2. The van der Waals surface area contributed by atoms with E-state index in [1.807, 2.05) is 0 Å². The number of aromatic nitrogens is 5. The van der Waals surface area contributed by atoms with Crippen LogP contribution in [0, 0.1) is 11.6 Å². The standard InChI is InChI=1S/C22H20F2N6O4/c23-13-4-2-1-3-12(13)9-30-17(15-5-6-34-28-15)7-16(27-30)21-25-8-14(24)22(26-21)29-10-18(31)20(33)19(32)11-29/h1-8,18-20,31-33H,9-11H2. The van der Waals surface area contributed by atoms with Gasteiger partial charge in [-0.15, -0.1) is 0 Å². The molecule has 1 fully saturated rings. The maximum absolute atomic E-state index is 14.6. The van der Waals surface area contributed by atoms with E-state index in [1.54, 1.807) is 30.3 Å². The highest BCUT2D eigenvalue weighted by atomic mass is 19.1. The average Bonchev–Trinajstić information content (AvgIpc) is 3.49. The van der Waals surface area contributed by atoms with Gasteiger partial charge in [0.2, 0.25) is 0 Å². The summed E-state index contributed by atoms with van der Waals surface area (Å²) in [5.41, 5.74) is 1.63. The molecular weight excluding hydrogens is 450 g/mol. The van der Waals surface area contributed by atoms with Gasteiger partial charge in [-0.2, -0.15) is 5.10 Å². The summed E-state index contributed by atoms with van der Waals surface area (Å²) in [7, 11) is 0. The summed E-state index contributed by atoms with van der Waals surface area (Å²) >= 11 is 0. The summed E-state index contributed by atoms with van der Waals surface area (Å²) in [5.74, 6) is -1.23. The average molecular weight is 470 g/mol. The van der Waals surface area contributed by atoms with Gasteiger partial charge < -0.3 is 24.7 Å². The number of hydrogen-bond donors (Lipinski definition) is 3. The van der Waals surface area contributed by atoms with E-state index in [4.69, 9.17) is 4.52 Å². The lowest BCUT2D eigenvalue weighted by molar-refractivity contribution is -0.0675. The molecule has 0 bridgehead atoms. The first-order valence-corrected chi connectivity index (χ1v) is 10.4. The van der Waals surface area contributed by atoms with Crippen molar-refractivity contribution >= 4 is 5.82 Å². The zero-order valence-electron chi connectivity index (χ0n) is 17.7. The first-order chi connectivity index (χ1) is 16.4. The van der Waals surface area contributed by atoms with Crippen molar-refractivity contribution in [3.63, 3.8) is 0 Å². The van der Waals surface area contributed by atoms with E-state index >= 15 is 0 Å². The van der Waals surface area contributed by atoms with E-state index in [0.717, 1.165) is 6.20 Å². The third-order valence-corrected chi connectivity index (χ3v) is 5.62. The normalized spacial score (nSPS) is 20.6. The summed E-state index contributed by atoms with van der Waals surface area (Å²) in [6.45, 7) is -0.166. The van der Waals surface area contributed by atoms with E-state index in [1.165, 1.54) is 21.9 Å². The van der Waals surface area contributed by atoms with Crippen molar-refractivity contribution < 1.29 is 28.6 Å². The maximum atomic E-state index is 14.6. The Morgan fingerprint density at radius 1 is 1.00 bits per heavy atom. The molecule has 3 aromatic heterocycles. The van der Waals surface area contributed by atoms with E-state index < -0.39 is 29.9 Å². The van der Waals surface area contributed by atoms with Crippen molar-refractivity contribution in [1.29, 1.82) is 0 Å². The number of rotatable bonds is 5. The van der Waals surface area contributed by atoms with Crippen LogP contribution in [0.2, 0.25) is 0 Å². The summed E-state index contributed by atoms with van der Waals surface area (Å²) in [6.07, 6.45) is -1.53. The van der Waals surface area contributed by atoms with Gasteiger partial charge in [0.1, 0.15) is 29.6 Å². The van der Waals surface area contributed by atoms with Crippen molar-refractivity contribution in [1.82, 2.24) is 24.9 Å². The Hall–Kier alpha value is -3.74. The molecule has 2 unspecified atom stereocenters. The smallest absolute Gasteiger partial charge is 0.183 e. The molecule has 4 aromatic rings. The van der Waals surface area contributed by atoms with Gasteiger partial charge in [0.05, 0.1) is 30.6 Å². The zero-order valence-corrected chi connectivity index (χ0v) is 17.7. The fourth-order valence-corrected chi connectivity index (χ4v) is 3.86. The van der Waals surface area contributed by atoms with Gasteiger partial charge in [0.15, 0.2) is 17.5 Å². The first-order valence-electron chi connectivity index (χ1n) is 10.4. The maximum Gasteiger partial charge on any atom is 0.183 e. The molecule has 1 aliphatic rings. The molecule has 0 spiro atoms. The van der Waals surface area contributed by atoms with Crippen LogP contribution >= 0.6 is 0 Å². The molecule has 0 radical (unpaired) electrons. The molecule has 0 saturated carbocycles. The van der Waals surface area contributed by atoms with Crippen LogP contribution in [-0.2, 0) is 6.54 Å². The Kier molecular flexibility index (Phi) is 5.77. The second kappa shape index (κ2) is 8.89. The molecule has 2 atom stereocenters. The Morgan fingerprint density at radius 2 is 1.76 bits per heavy atom. The third kappa shape index (κ3) is 4.14. The number of β-amino-alcohol motifs (C(OH)–C–C–N with tert-alkyl or cyclic N) is 2. The zero-order chi connectivity index (χ0) is 23.8. The lowest BCUT2D eigenvalue weighted by Gasteiger charge is -2.37. The van der Waals surface area contributed by atoms with Crippen molar-refractivity contribution in [2.75, 3.05) is 18.0 Å². The summed E-state index contributed by atoms with van der Waals surface area (Å²) in [5, 5.41) is 38.2. The van der Waals surface area contributed by atoms with Crippen molar-refractivity contribution in [2.24, 2.45) is 0 Å². The Bertz CT molecular complexity index is 1290. The summed E-state index contributed by atoms with van der Waals surface area (Å²) in [4.78, 5) is 9.63. The number of aliphatic hydroxyl groups is 3. The van der Waals surface area contributed by atoms with Crippen LogP contribution in [0.15, 0.2) is 53.4 Å². The minimum absolute atomic E-state index is 0.0727. The van der Waals surface area contributed by atoms with Gasteiger partial charge >= 0.3 is 0 Å². The first kappa shape index (κ1) is 22.1. The predicted octanol–water partition coefficient (Wildman–Crippen LogP) is 1.22. The lowest BCUT2D eigenvalue weighted by Crippen LogP contribution is -2.55. The van der Waals surface area contributed by atoms with Crippen molar-refractivity contribution in [2.45, 2.75) is 24.9 Å². The molecule has 3 N–H and O–H groups in total. The molecule has 4 heterocycles. The van der Waals surface area contributed by atoms with E-state index in [-0.39, 0.29) is 37.0 Å². The Balaban J connectivity index is 1.53. The van der Waals surface area contributed by atoms with E-state index in [9.17, 15) is 24.1 Å². The quantitative estimate of drug-likeness (QED) is 0.394. The number of benzene rings is 1. The van der Waals surface area contributed by atoms with Gasteiger partial charge in [0.25, 0.3) is 0 Å². The lowest BCUT2D eigenvalue weighted by atomic mass is 10.0. The topological polar surface area (TPSA) is 134 Å². The van der Waals surface area contributed by atoms with Crippen LogP contribution in [0.5, 0.6) is 0 Å². The molecule has 0 aliphatic carbocycles. The van der Waals surface area contributed by atoms with Gasteiger partial charge in [-0.05, 0) is 12.1 Å². The molecule has 12 heteroatoms. The Morgan fingerprint density at radius 3 is 2.47 bits per heavy atom. The number of anilines is 1. The van der Waals surface area contributed by atoms with Crippen LogP contribution in [0.1, 0.15) is 5.56 Å². The number of aliphatic hydroxyl groups excluding tert-OH is 3. The van der Waals surface area contributed by atoms with E-state index in [2.05, 4.69) is 20.2 Å². The molecule has 1 saturated heterocycles. The molecule has 176 valence electrons. The molecule has 1 aliphatic heterocycles. The minimum atomic E-state index is -1.33. The van der Waals surface area contributed by atoms with Gasteiger partial charge in [-0.3, -0.25) is 4.68 Å². The highest BCUT2D eigenvalue weighted by Crippen LogP contribution is 2.28. The Labute approximate surface area is 191 Å². The minimum Gasteiger partial charge on any atom is -0.388 e. The molecule has 1 aromatic carbocycles. The van der Waals surface area contributed by atoms with Gasteiger partial charge in [-0.1, -0.05) is 23.4 Å². The van der Waals surface area contributed by atoms with Crippen LogP contribution in [0.4, 0.5) is 14.6 Å². The SMILES string of the molecule is OC1CN(c2nc(-c3cc(-c4ccon4)n(Cc4ccccc4F)n3)ncc2F)CC(O)C1O. The molecule has 5 rings (SSSR count). The van der Waals surface area contributed by atoms with Crippen LogP contribution in [0.3, 0.4) is 0 Å². The number of hydrogen-bond acceptors (Lipinski definition) is 9. The van der Waals surface area contributed by atoms with Crippen LogP contribution in [0.25, 0.3) is 22.9 Å². The van der Waals surface area contributed by atoms with Crippen LogP contribution in [-0.4, -0.2) is 71.6 Å². The van der Waals surface area contributed by atoms with Crippen molar-refractivity contribution in [3.8, 4) is 22.9 Å². The highest BCUT2D eigenvalue weighted by Gasteiger charge is 2.35. The summed E-state index contributed by atoms with van der Waals surface area (Å²) < 4.78 is 35.3. The fraction of sp³-hybridized carbons (Fsp3) is 0.273. The number of nitrogens with zero attached hydrogens (tertiary/aromatic N) is 6. The van der Waals surface area contributed by atoms with E-state index in [0.29, 0.717) is 17.0 Å². The second-order valence-electron chi connectivity index (χ2n) is 7.94. The highest BCUT2D eigenvalue weighted by molar-refractivity contribution is 5.63. The molecule has 34 heavy (non-hydrogen) atoms. The van der Waals surface area contributed by atoms with Crippen molar-refractivity contribution in [3.05, 3.63) is 66.1 Å². The molecule has 10 nitrogen and oxygen atoms in total. The fourth-order valence-electron chi connectivity index (χ4n) is 3.86. The largest absolute Gasteiger partial charge is 0.388 e. The monoisotopic (exact) mass is 470 g/mol.